The zero-order valence-corrected chi connectivity index (χ0v) is 17.3. The summed E-state index contributed by atoms with van der Waals surface area (Å²) >= 11 is 0. The van der Waals surface area contributed by atoms with Crippen LogP contribution in [0.4, 0.5) is 0 Å². The number of hydrogen-bond acceptors (Lipinski definition) is 5. The summed E-state index contributed by atoms with van der Waals surface area (Å²) in [4.78, 5) is 31.6. The van der Waals surface area contributed by atoms with Gasteiger partial charge in [-0.25, -0.2) is 4.98 Å². The first kappa shape index (κ1) is 20.2. The van der Waals surface area contributed by atoms with Gasteiger partial charge in [0, 0.05) is 29.1 Å². The zero-order valence-electron chi connectivity index (χ0n) is 17.3. The van der Waals surface area contributed by atoms with Gasteiger partial charge in [-0.3, -0.25) is 19.0 Å². The fourth-order valence-electron chi connectivity index (χ4n) is 3.59. The summed E-state index contributed by atoms with van der Waals surface area (Å²) in [6, 6.07) is 16.7. The third-order valence-electron chi connectivity index (χ3n) is 5.26. The lowest BCUT2D eigenvalue weighted by Gasteiger charge is -2.08. The minimum atomic E-state index is -1.09. The summed E-state index contributed by atoms with van der Waals surface area (Å²) in [6.45, 7) is -0.419. The Morgan fingerprint density at radius 1 is 0.939 bits per heavy atom. The number of hydrogen-bond donors (Lipinski definition) is 2. The monoisotopic (exact) mass is 438 g/mol. The number of carbonyl (C=O) groups is 2. The molecule has 0 fully saturated rings. The molecular formula is C25H18N4O4. The van der Waals surface area contributed by atoms with E-state index in [9.17, 15) is 9.59 Å². The highest BCUT2D eigenvalue weighted by Gasteiger charge is 2.11. The highest BCUT2D eigenvalue weighted by molar-refractivity contribution is 5.96. The van der Waals surface area contributed by atoms with Gasteiger partial charge in [0.1, 0.15) is 12.2 Å². The van der Waals surface area contributed by atoms with E-state index < -0.39 is 18.4 Å². The fraction of sp³-hybridized carbons (Fsp3) is 0.0400. The van der Waals surface area contributed by atoms with E-state index in [1.807, 2.05) is 59.3 Å². The largest absolute Gasteiger partial charge is 0.480 e. The van der Waals surface area contributed by atoms with Crippen molar-refractivity contribution in [2.45, 2.75) is 0 Å². The van der Waals surface area contributed by atoms with Crippen LogP contribution in [0.1, 0.15) is 10.4 Å². The number of pyridine rings is 2. The summed E-state index contributed by atoms with van der Waals surface area (Å²) < 4.78 is 7.18. The molecule has 5 rings (SSSR count). The van der Waals surface area contributed by atoms with Crippen LogP contribution in [0, 0.1) is 0 Å². The Labute approximate surface area is 188 Å². The number of rotatable bonds is 6. The van der Waals surface area contributed by atoms with Gasteiger partial charge in [-0.1, -0.05) is 12.1 Å². The summed E-state index contributed by atoms with van der Waals surface area (Å²) in [5, 5.41) is 11.1. The third kappa shape index (κ3) is 4.09. The predicted octanol–water partition coefficient (Wildman–Crippen LogP) is 4.14. The zero-order chi connectivity index (χ0) is 22.8. The molecule has 2 N–H and O–H groups in total. The molecule has 0 spiro atoms. The molecule has 4 heterocycles. The third-order valence-corrected chi connectivity index (χ3v) is 5.26. The topological polar surface area (TPSA) is 110 Å². The van der Waals surface area contributed by atoms with E-state index in [0.717, 1.165) is 39.3 Å². The summed E-state index contributed by atoms with van der Waals surface area (Å²) in [5.74, 6) is -1.52. The van der Waals surface area contributed by atoms with Gasteiger partial charge in [0.2, 0.25) is 0 Å². The molecule has 0 bridgehead atoms. The van der Waals surface area contributed by atoms with Crippen LogP contribution in [0.2, 0.25) is 0 Å². The van der Waals surface area contributed by atoms with Gasteiger partial charge in [0.15, 0.2) is 0 Å². The van der Waals surface area contributed by atoms with Crippen LogP contribution >= 0.6 is 0 Å². The molecular weight excluding hydrogens is 420 g/mol. The van der Waals surface area contributed by atoms with Crippen molar-refractivity contribution in [3.63, 3.8) is 0 Å². The molecule has 0 atom stereocenters. The molecule has 162 valence electrons. The Bertz CT molecular complexity index is 1450. The number of imidazole rings is 1. The van der Waals surface area contributed by atoms with E-state index in [1.54, 1.807) is 30.9 Å². The molecule has 1 aromatic carbocycles. The predicted molar refractivity (Wildman–Crippen MR) is 122 cm³/mol. The van der Waals surface area contributed by atoms with Crippen LogP contribution in [-0.4, -0.2) is 37.9 Å². The average Bonchev–Trinajstić information content (AvgIpc) is 3.53. The Balaban J connectivity index is 1.46. The highest BCUT2D eigenvalue weighted by Crippen LogP contribution is 2.28. The van der Waals surface area contributed by atoms with Crippen molar-refractivity contribution in [2.75, 3.05) is 6.54 Å². The molecule has 8 heteroatoms. The lowest BCUT2D eigenvalue weighted by Crippen LogP contribution is -2.29. The minimum Gasteiger partial charge on any atom is -0.480 e. The van der Waals surface area contributed by atoms with E-state index in [2.05, 4.69) is 15.3 Å². The van der Waals surface area contributed by atoms with Crippen LogP contribution in [0.5, 0.6) is 0 Å². The number of furan rings is 1. The number of nitrogens with one attached hydrogen (secondary N) is 1. The van der Waals surface area contributed by atoms with Gasteiger partial charge in [-0.15, -0.1) is 0 Å². The standard InChI is InChI=1S/C25H18N4O4/c30-24(31)13-28-25(32)17-3-1-16(2-4-17)19-5-6-23-27-12-22(29(23)14-19)18-7-9-26-21(11-18)20-8-10-33-15-20/h1-12,14-15H,13H2,(H,28,32)(H,30,31). The number of aromatic nitrogens is 3. The minimum absolute atomic E-state index is 0.396. The molecule has 0 radical (unpaired) electrons. The van der Waals surface area contributed by atoms with Crippen molar-refractivity contribution in [1.29, 1.82) is 0 Å². The van der Waals surface area contributed by atoms with Crippen LogP contribution in [0.15, 0.2) is 90.1 Å². The van der Waals surface area contributed by atoms with Gasteiger partial charge in [0.05, 0.1) is 30.1 Å². The number of nitrogens with zero attached hydrogens (tertiary/aromatic N) is 3. The normalized spacial score (nSPS) is 10.9. The van der Waals surface area contributed by atoms with E-state index >= 15 is 0 Å². The number of carboxylic acids is 1. The molecule has 0 saturated carbocycles. The fourth-order valence-corrected chi connectivity index (χ4v) is 3.59. The quantitative estimate of drug-likeness (QED) is 0.412. The van der Waals surface area contributed by atoms with Crippen LogP contribution in [0.3, 0.4) is 0 Å². The molecule has 5 aromatic rings. The second-order valence-corrected chi connectivity index (χ2v) is 7.38. The Morgan fingerprint density at radius 3 is 2.52 bits per heavy atom. The van der Waals surface area contributed by atoms with Crippen molar-refractivity contribution >= 4 is 17.5 Å². The highest BCUT2D eigenvalue weighted by atomic mass is 16.4. The summed E-state index contributed by atoms with van der Waals surface area (Å²) in [5.41, 5.74) is 6.67. The molecule has 0 aliphatic carbocycles. The number of amides is 1. The first-order valence-electron chi connectivity index (χ1n) is 10.1. The van der Waals surface area contributed by atoms with Gasteiger partial charge in [-0.05, 0) is 53.6 Å². The number of benzene rings is 1. The van der Waals surface area contributed by atoms with Crippen LogP contribution < -0.4 is 5.32 Å². The van der Waals surface area contributed by atoms with E-state index in [4.69, 9.17) is 9.52 Å². The van der Waals surface area contributed by atoms with E-state index in [-0.39, 0.29) is 0 Å². The first-order chi connectivity index (χ1) is 16.1. The summed E-state index contributed by atoms with van der Waals surface area (Å²) in [6.07, 6.45) is 8.85. The van der Waals surface area contributed by atoms with Crippen LogP contribution in [-0.2, 0) is 4.79 Å². The van der Waals surface area contributed by atoms with Gasteiger partial charge in [-0.2, -0.15) is 0 Å². The smallest absolute Gasteiger partial charge is 0.322 e. The second-order valence-electron chi connectivity index (χ2n) is 7.38. The average molecular weight is 438 g/mol. The number of fused-ring (bicyclic) bond motifs is 1. The van der Waals surface area contributed by atoms with Crippen molar-refractivity contribution in [3.8, 4) is 33.6 Å². The molecule has 0 saturated heterocycles. The second kappa shape index (κ2) is 8.43. The Hall–Kier alpha value is -4.72. The molecule has 1 amide bonds. The molecule has 0 aliphatic rings. The van der Waals surface area contributed by atoms with E-state index in [1.165, 1.54) is 0 Å². The first-order valence-corrected chi connectivity index (χ1v) is 10.1. The van der Waals surface area contributed by atoms with Crippen molar-refractivity contribution in [1.82, 2.24) is 19.7 Å². The van der Waals surface area contributed by atoms with Gasteiger partial charge in [0.25, 0.3) is 5.91 Å². The molecule has 8 nitrogen and oxygen atoms in total. The maximum Gasteiger partial charge on any atom is 0.322 e. The summed E-state index contributed by atoms with van der Waals surface area (Å²) in [7, 11) is 0. The Kier molecular flexibility index (Phi) is 5.16. The number of carboxylic acid groups (broad SMARTS) is 1. The maximum atomic E-state index is 12.1. The van der Waals surface area contributed by atoms with Crippen molar-refractivity contribution < 1.29 is 19.1 Å². The van der Waals surface area contributed by atoms with Crippen molar-refractivity contribution in [3.05, 3.63) is 91.3 Å². The molecule has 0 aliphatic heterocycles. The maximum absolute atomic E-state index is 12.1. The van der Waals surface area contributed by atoms with Crippen LogP contribution in [0.25, 0.3) is 39.3 Å². The molecule has 33 heavy (non-hydrogen) atoms. The lowest BCUT2D eigenvalue weighted by atomic mass is 10.0. The van der Waals surface area contributed by atoms with Gasteiger partial charge < -0.3 is 14.8 Å². The number of carbonyl (C=O) groups excluding carboxylic acids is 1. The van der Waals surface area contributed by atoms with Crippen molar-refractivity contribution in [2.24, 2.45) is 0 Å². The molecule has 4 aromatic heterocycles. The SMILES string of the molecule is O=C(O)CNC(=O)c1ccc(-c2ccc3ncc(-c4ccnc(-c5ccoc5)c4)n3c2)cc1. The number of aliphatic carboxylic acids is 1. The van der Waals surface area contributed by atoms with Gasteiger partial charge >= 0.3 is 5.97 Å². The van der Waals surface area contributed by atoms with E-state index in [0.29, 0.717) is 5.56 Å². The Morgan fingerprint density at radius 2 is 1.76 bits per heavy atom. The lowest BCUT2D eigenvalue weighted by molar-refractivity contribution is -0.135. The molecule has 0 unspecified atom stereocenters.